The van der Waals surface area contributed by atoms with Crippen LogP contribution in [0.25, 0.3) is 0 Å². The minimum Gasteiger partial charge on any atom is -0.342 e. The molecule has 2 atom stereocenters. The van der Waals surface area contributed by atoms with E-state index in [0.29, 0.717) is 17.0 Å². The minimum absolute atomic E-state index is 0.295. The van der Waals surface area contributed by atoms with Crippen LogP contribution in [0.1, 0.15) is 34.6 Å². The van der Waals surface area contributed by atoms with Gasteiger partial charge in [0, 0.05) is 22.8 Å². The van der Waals surface area contributed by atoms with Gasteiger partial charge in [-0.3, -0.25) is 0 Å². The van der Waals surface area contributed by atoms with Crippen LogP contribution >= 0.6 is 29.5 Å². The van der Waals surface area contributed by atoms with Crippen LogP contribution in [0.4, 0.5) is 0 Å². The van der Waals surface area contributed by atoms with E-state index >= 15 is 0 Å². The number of rotatable bonds is 5. The minimum atomic E-state index is -1.86. The van der Waals surface area contributed by atoms with E-state index in [2.05, 4.69) is 39.9 Å². The third-order valence-corrected chi connectivity index (χ3v) is 8.26. The van der Waals surface area contributed by atoms with E-state index in [1.54, 1.807) is 0 Å². The molecule has 86 valence electrons. The van der Waals surface area contributed by atoms with Crippen LogP contribution < -0.4 is 0 Å². The maximum absolute atomic E-state index is 5.53. The summed E-state index contributed by atoms with van der Waals surface area (Å²) in [7, 11) is 0. The Balaban J connectivity index is 4.08. The van der Waals surface area contributed by atoms with Crippen molar-refractivity contribution in [2.75, 3.05) is 12.4 Å². The molecule has 0 aromatic carbocycles. The fourth-order valence-electron chi connectivity index (χ4n) is 0.777. The first-order chi connectivity index (χ1) is 6.19. The van der Waals surface area contributed by atoms with Gasteiger partial charge in [-0.15, -0.1) is 12.2 Å². The van der Waals surface area contributed by atoms with Crippen LogP contribution in [-0.2, 0) is 16.3 Å². The predicted molar refractivity (Wildman–Crippen MR) is 76.6 cm³/mol. The summed E-state index contributed by atoms with van der Waals surface area (Å²) in [5, 5.41) is 0. The molecule has 0 aliphatic heterocycles. The normalized spacial score (nSPS) is 19.0. The first-order valence-corrected chi connectivity index (χ1v) is 9.73. The number of thioether (sulfide) groups is 1. The fourth-order valence-corrected chi connectivity index (χ4v) is 4.93. The summed E-state index contributed by atoms with van der Waals surface area (Å²) in [4.78, 5) is 0. The van der Waals surface area contributed by atoms with E-state index in [9.17, 15) is 0 Å². The Hall–Kier alpha value is 1.31. The average molecular weight is 272 g/mol. The largest absolute Gasteiger partial charge is 0.342 e. The predicted octanol–water partition coefficient (Wildman–Crippen LogP) is 4.18. The van der Waals surface area contributed by atoms with Crippen molar-refractivity contribution in [1.29, 1.82) is 0 Å². The highest BCUT2D eigenvalue weighted by Crippen LogP contribution is 2.57. The molecule has 1 nitrogen and oxygen atoms in total. The van der Waals surface area contributed by atoms with E-state index < -0.39 is 5.47 Å². The van der Waals surface area contributed by atoms with Gasteiger partial charge in [0.1, 0.15) is 5.47 Å². The molecule has 0 amide bonds. The highest BCUT2D eigenvalue weighted by atomic mass is 32.9. The van der Waals surface area contributed by atoms with Gasteiger partial charge >= 0.3 is 0 Å². The number of hydrogen-bond acceptors (Lipinski definition) is 3. The molecular formula is C9H21OPS3. The smallest absolute Gasteiger partial charge is 0.120 e. The van der Waals surface area contributed by atoms with E-state index in [1.165, 1.54) is 0 Å². The molecule has 14 heavy (non-hydrogen) atoms. The van der Waals surface area contributed by atoms with E-state index in [4.69, 9.17) is 16.3 Å². The van der Waals surface area contributed by atoms with Gasteiger partial charge in [0.2, 0.25) is 0 Å². The zero-order valence-corrected chi connectivity index (χ0v) is 13.0. The average Bonchev–Trinajstić information content (AvgIpc) is 1.98. The second kappa shape index (κ2) is 6.15. The molecule has 0 fully saturated rings. The second-order valence-electron chi connectivity index (χ2n) is 4.25. The maximum atomic E-state index is 5.53. The quantitative estimate of drug-likeness (QED) is 0.594. The molecule has 0 bridgehead atoms. The lowest BCUT2D eigenvalue weighted by atomic mass is 10.3. The van der Waals surface area contributed by atoms with E-state index in [0.717, 1.165) is 5.75 Å². The van der Waals surface area contributed by atoms with Crippen LogP contribution in [0.5, 0.6) is 0 Å². The summed E-state index contributed by atoms with van der Waals surface area (Å²) in [6.07, 6.45) is 0. The van der Waals surface area contributed by atoms with Crippen LogP contribution in [-0.4, -0.2) is 22.8 Å². The molecule has 5 heteroatoms. The third kappa shape index (κ3) is 6.73. The summed E-state index contributed by atoms with van der Waals surface area (Å²) < 4.78 is 5.83. The van der Waals surface area contributed by atoms with Crippen molar-refractivity contribution in [3.05, 3.63) is 0 Å². The van der Waals surface area contributed by atoms with Gasteiger partial charge in [-0.25, -0.2) is 0 Å². The Morgan fingerprint density at radius 3 is 2.36 bits per heavy atom. The van der Waals surface area contributed by atoms with Crippen molar-refractivity contribution >= 4 is 41.3 Å². The van der Waals surface area contributed by atoms with Gasteiger partial charge in [0.05, 0.1) is 0 Å². The Bertz CT molecular complexity index is 213. The molecule has 0 rings (SSSR count). The standard InChI is InChI=1S/C9H21OPS3/c1-6-10-11(12,13)8(2)7-14-9(3,4)5/h8H,6-7H2,1-5H3,(H,12,13)/t8-/m0/s1. The second-order valence-corrected chi connectivity index (χ2v) is 12.6. The topological polar surface area (TPSA) is 9.23 Å². The first-order valence-electron chi connectivity index (χ1n) is 4.80. The third-order valence-electron chi connectivity index (χ3n) is 1.63. The van der Waals surface area contributed by atoms with Crippen LogP contribution in [0.2, 0.25) is 0 Å². The first kappa shape index (κ1) is 15.3. The van der Waals surface area contributed by atoms with Gasteiger partial charge in [0.25, 0.3) is 0 Å². The molecule has 0 heterocycles. The summed E-state index contributed by atoms with van der Waals surface area (Å²) in [5.74, 6) is 1.03. The zero-order chi connectivity index (χ0) is 11.4. The molecule has 0 saturated carbocycles. The number of thiol groups is 1. The Kier molecular flexibility index (Phi) is 6.72. The summed E-state index contributed by atoms with van der Waals surface area (Å²) in [6, 6.07) is 0. The van der Waals surface area contributed by atoms with Gasteiger partial charge in [-0.05, 0) is 6.92 Å². The van der Waals surface area contributed by atoms with Crippen molar-refractivity contribution in [1.82, 2.24) is 0 Å². The van der Waals surface area contributed by atoms with Crippen molar-refractivity contribution in [3.63, 3.8) is 0 Å². The molecule has 0 aliphatic rings. The lowest BCUT2D eigenvalue weighted by Crippen LogP contribution is -2.14. The lowest BCUT2D eigenvalue weighted by Gasteiger charge is -2.26. The Morgan fingerprint density at radius 2 is 2.00 bits per heavy atom. The molecule has 0 radical (unpaired) electrons. The summed E-state index contributed by atoms with van der Waals surface area (Å²) >= 11 is 11.8. The van der Waals surface area contributed by atoms with Crippen LogP contribution in [0.3, 0.4) is 0 Å². The zero-order valence-electron chi connectivity index (χ0n) is 9.61. The number of hydrogen-bond donors (Lipinski definition) is 1. The van der Waals surface area contributed by atoms with Crippen LogP contribution in [0.15, 0.2) is 0 Å². The summed E-state index contributed by atoms with van der Waals surface area (Å²) in [6.45, 7) is 11.4. The van der Waals surface area contributed by atoms with Crippen molar-refractivity contribution in [2.45, 2.75) is 45.0 Å². The molecule has 0 aromatic heterocycles. The summed E-state index contributed by atoms with van der Waals surface area (Å²) in [5.41, 5.74) is -1.48. The Morgan fingerprint density at radius 1 is 1.50 bits per heavy atom. The maximum Gasteiger partial charge on any atom is 0.120 e. The molecule has 0 N–H and O–H groups in total. The van der Waals surface area contributed by atoms with Crippen molar-refractivity contribution < 1.29 is 4.52 Å². The molecule has 0 spiro atoms. The molecule has 1 unspecified atom stereocenters. The lowest BCUT2D eigenvalue weighted by molar-refractivity contribution is 0.382. The van der Waals surface area contributed by atoms with E-state index in [-0.39, 0.29) is 0 Å². The molecule has 0 aliphatic carbocycles. The van der Waals surface area contributed by atoms with Gasteiger partial charge in [-0.1, -0.05) is 39.5 Å². The van der Waals surface area contributed by atoms with Gasteiger partial charge in [0.15, 0.2) is 0 Å². The van der Waals surface area contributed by atoms with Gasteiger partial charge in [-0.2, -0.15) is 11.8 Å². The van der Waals surface area contributed by atoms with Crippen molar-refractivity contribution in [3.8, 4) is 0 Å². The molecular weight excluding hydrogens is 251 g/mol. The van der Waals surface area contributed by atoms with Crippen LogP contribution in [0, 0.1) is 0 Å². The molecule has 0 aromatic rings. The fraction of sp³-hybridized carbons (Fsp3) is 1.00. The SMILES string of the molecule is CCOP(=S)(S)[C@@H](C)CSC(C)(C)C. The van der Waals surface area contributed by atoms with Gasteiger partial charge < -0.3 is 4.52 Å². The highest BCUT2D eigenvalue weighted by molar-refractivity contribution is 8.62. The van der Waals surface area contributed by atoms with Crippen molar-refractivity contribution in [2.24, 2.45) is 0 Å². The van der Waals surface area contributed by atoms with E-state index in [1.807, 2.05) is 18.7 Å². The highest BCUT2D eigenvalue weighted by Gasteiger charge is 2.23. The monoisotopic (exact) mass is 272 g/mol. The molecule has 0 saturated heterocycles. The Labute approximate surface area is 103 Å².